The van der Waals surface area contributed by atoms with Crippen molar-refractivity contribution in [3.8, 4) is 5.75 Å². The van der Waals surface area contributed by atoms with Crippen LogP contribution in [0.1, 0.15) is 24.0 Å². The molecule has 0 radical (unpaired) electrons. The predicted molar refractivity (Wildman–Crippen MR) is 109 cm³/mol. The number of benzene rings is 2. The van der Waals surface area contributed by atoms with Crippen LogP contribution in [0.25, 0.3) is 0 Å². The maximum Gasteiger partial charge on any atom is 0.224 e. The van der Waals surface area contributed by atoms with E-state index in [2.05, 4.69) is 16.3 Å². The first-order chi connectivity index (χ1) is 13.1. The van der Waals surface area contributed by atoms with E-state index in [1.54, 1.807) is 0 Å². The zero-order chi connectivity index (χ0) is 19.1. The largest absolute Gasteiger partial charge is 0.492 e. The highest BCUT2D eigenvalue weighted by Crippen LogP contribution is 2.22. The molecule has 1 fully saturated rings. The fourth-order valence-corrected chi connectivity index (χ4v) is 3.60. The van der Waals surface area contributed by atoms with E-state index in [9.17, 15) is 4.79 Å². The van der Waals surface area contributed by atoms with Crippen LogP contribution in [0, 0.1) is 12.8 Å². The first-order valence-corrected chi connectivity index (χ1v) is 9.92. The van der Waals surface area contributed by atoms with Crippen LogP contribution in [0.2, 0.25) is 5.02 Å². The molecule has 0 unspecified atom stereocenters. The molecule has 1 atom stereocenters. The number of amides is 1. The van der Waals surface area contributed by atoms with E-state index in [0.717, 1.165) is 48.8 Å². The number of halogens is 1. The Labute approximate surface area is 166 Å². The number of ether oxygens (including phenoxy) is 1. The normalized spacial score (nSPS) is 17.5. The van der Waals surface area contributed by atoms with Crippen molar-refractivity contribution in [2.75, 3.05) is 26.2 Å². The average molecular weight is 387 g/mol. The average Bonchev–Trinajstić information content (AvgIpc) is 2.68. The summed E-state index contributed by atoms with van der Waals surface area (Å²) in [5.41, 5.74) is 2.32. The number of nitrogens with one attached hydrogen (secondary N) is 1. The second kappa shape index (κ2) is 9.77. The third-order valence-electron chi connectivity index (χ3n) is 4.92. The molecule has 4 nitrogen and oxygen atoms in total. The third-order valence-corrected chi connectivity index (χ3v) is 5.29. The van der Waals surface area contributed by atoms with Crippen LogP contribution < -0.4 is 10.1 Å². The minimum Gasteiger partial charge on any atom is -0.492 e. The lowest BCUT2D eigenvalue weighted by atomic mass is 9.96. The van der Waals surface area contributed by atoms with E-state index in [4.69, 9.17) is 16.3 Å². The third kappa shape index (κ3) is 5.98. The number of piperidine rings is 1. The van der Waals surface area contributed by atoms with Gasteiger partial charge in [0.2, 0.25) is 5.91 Å². The van der Waals surface area contributed by atoms with Gasteiger partial charge in [0.05, 0.1) is 12.5 Å². The standard InChI is InChI=1S/C22H27ClN2O2/c1-17-8-10-20(11-9-17)27-14-12-24-22(26)19-6-4-13-25(16-19)15-18-5-2-3-7-21(18)23/h2-3,5,7-11,19H,4,6,12-16H2,1H3,(H,24,26)/t19-/m1/s1. The summed E-state index contributed by atoms with van der Waals surface area (Å²) < 4.78 is 5.67. The number of aryl methyl sites for hydroxylation is 1. The number of hydrogen-bond acceptors (Lipinski definition) is 3. The Morgan fingerprint density at radius 1 is 1.22 bits per heavy atom. The summed E-state index contributed by atoms with van der Waals surface area (Å²) in [4.78, 5) is 14.8. The Bertz CT molecular complexity index is 748. The molecule has 27 heavy (non-hydrogen) atoms. The van der Waals surface area contributed by atoms with Gasteiger partial charge in [-0.05, 0) is 50.1 Å². The molecule has 2 aromatic rings. The van der Waals surface area contributed by atoms with Crippen LogP contribution in [0.4, 0.5) is 0 Å². The molecule has 1 N–H and O–H groups in total. The van der Waals surface area contributed by atoms with Gasteiger partial charge in [0.1, 0.15) is 12.4 Å². The van der Waals surface area contributed by atoms with Gasteiger partial charge in [0.15, 0.2) is 0 Å². The lowest BCUT2D eigenvalue weighted by Crippen LogP contribution is -2.43. The van der Waals surface area contributed by atoms with E-state index in [1.165, 1.54) is 5.56 Å². The van der Waals surface area contributed by atoms with Gasteiger partial charge >= 0.3 is 0 Å². The monoisotopic (exact) mass is 386 g/mol. The van der Waals surface area contributed by atoms with Crippen molar-refractivity contribution in [1.82, 2.24) is 10.2 Å². The molecule has 1 saturated heterocycles. The van der Waals surface area contributed by atoms with Gasteiger partial charge in [-0.25, -0.2) is 0 Å². The van der Waals surface area contributed by atoms with E-state index in [-0.39, 0.29) is 11.8 Å². The van der Waals surface area contributed by atoms with Crippen LogP contribution in [0.15, 0.2) is 48.5 Å². The molecule has 1 amide bonds. The van der Waals surface area contributed by atoms with Gasteiger partial charge in [-0.1, -0.05) is 47.5 Å². The van der Waals surface area contributed by atoms with Crippen molar-refractivity contribution < 1.29 is 9.53 Å². The number of nitrogens with zero attached hydrogens (tertiary/aromatic N) is 1. The highest BCUT2D eigenvalue weighted by molar-refractivity contribution is 6.31. The van der Waals surface area contributed by atoms with Crippen LogP contribution in [-0.2, 0) is 11.3 Å². The number of carbonyl (C=O) groups is 1. The maximum absolute atomic E-state index is 12.5. The Hall–Kier alpha value is -2.04. The Kier molecular flexibility index (Phi) is 7.13. The topological polar surface area (TPSA) is 41.6 Å². The first-order valence-electron chi connectivity index (χ1n) is 9.55. The summed E-state index contributed by atoms with van der Waals surface area (Å²) in [6.45, 7) is 5.61. The van der Waals surface area contributed by atoms with Crippen molar-refractivity contribution in [1.29, 1.82) is 0 Å². The molecule has 5 heteroatoms. The van der Waals surface area contributed by atoms with E-state index < -0.39 is 0 Å². The predicted octanol–water partition coefficient (Wildman–Crippen LogP) is 4.06. The summed E-state index contributed by atoms with van der Waals surface area (Å²) in [6, 6.07) is 15.8. The summed E-state index contributed by atoms with van der Waals surface area (Å²) >= 11 is 6.27. The number of carbonyl (C=O) groups excluding carboxylic acids is 1. The molecule has 0 aliphatic carbocycles. The molecule has 2 aromatic carbocycles. The molecule has 144 valence electrons. The lowest BCUT2D eigenvalue weighted by molar-refractivity contribution is -0.126. The van der Waals surface area contributed by atoms with E-state index in [0.29, 0.717) is 13.2 Å². The fraction of sp³-hybridized carbons (Fsp3) is 0.409. The molecule has 0 saturated carbocycles. The Morgan fingerprint density at radius 2 is 2.00 bits per heavy atom. The van der Waals surface area contributed by atoms with Gasteiger partial charge in [-0.15, -0.1) is 0 Å². The zero-order valence-corrected chi connectivity index (χ0v) is 16.5. The summed E-state index contributed by atoms with van der Waals surface area (Å²) in [6.07, 6.45) is 1.96. The molecule has 0 bridgehead atoms. The lowest BCUT2D eigenvalue weighted by Gasteiger charge is -2.32. The zero-order valence-electron chi connectivity index (χ0n) is 15.8. The SMILES string of the molecule is Cc1ccc(OCCNC(=O)[C@@H]2CCCN(Cc3ccccc3Cl)C2)cc1. The summed E-state index contributed by atoms with van der Waals surface area (Å²) in [5.74, 6) is 0.977. The Morgan fingerprint density at radius 3 is 2.78 bits per heavy atom. The van der Waals surface area contributed by atoms with Crippen molar-refractivity contribution in [2.45, 2.75) is 26.3 Å². The summed E-state index contributed by atoms with van der Waals surface area (Å²) in [5, 5.41) is 3.80. The maximum atomic E-state index is 12.5. The first kappa shape index (κ1) is 19.7. The van der Waals surface area contributed by atoms with Crippen molar-refractivity contribution in [3.05, 3.63) is 64.7 Å². The molecule has 1 aliphatic heterocycles. The van der Waals surface area contributed by atoms with Gasteiger partial charge in [-0.3, -0.25) is 9.69 Å². The quantitative estimate of drug-likeness (QED) is 0.730. The Balaban J connectivity index is 1.41. The van der Waals surface area contributed by atoms with Gasteiger partial charge < -0.3 is 10.1 Å². The van der Waals surface area contributed by atoms with E-state index in [1.807, 2.05) is 49.4 Å². The van der Waals surface area contributed by atoms with Crippen molar-refractivity contribution in [2.24, 2.45) is 5.92 Å². The minimum absolute atomic E-state index is 0.0283. The smallest absolute Gasteiger partial charge is 0.224 e. The van der Waals surface area contributed by atoms with Crippen molar-refractivity contribution in [3.63, 3.8) is 0 Å². The molecular weight excluding hydrogens is 360 g/mol. The van der Waals surface area contributed by atoms with Crippen LogP contribution in [0.5, 0.6) is 5.75 Å². The highest BCUT2D eigenvalue weighted by Gasteiger charge is 2.25. The van der Waals surface area contributed by atoms with Crippen LogP contribution in [-0.4, -0.2) is 37.0 Å². The minimum atomic E-state index is 0.0283. The number of hydrogen-bond donors (Lipinski definition) is 1. The summed E-state index contributed by atoms with van der Waals surface area (Å²) in [7, 11) is 0. The second-order valence-corrected chi connectivity index (χ2v) is 7.53. The highest BCUT2D eigenvalue weighted by atomic mass is 35.5. The second-order valence-electron chi connectivity index (χ2n) is 7.12. The fourth-order valence-electron chi connectivity index (χ4n) is 3.40. The van der Waals surface area contributed by atoms with Crippen LogP contribution >= 0.6 is 11.6 Å². The number of rotatable bonds is 7. The molecule has 1 heterocycles. The van der Waals surface area contributed by atoms with Crippen molar-refractivity contribution >= 4 is 17.5 Å². The van der Waals surface area contributed by atoms with E-state index >= 15 is 0 Å². The molecule has 0 aromatic heterocycles. The van der Waals surface area contributed by atoms with Gasteiger partial charge in [0.25, 0.3) is 0 Å². The van der Waals surface area contributed by atoms with Crippen LogP contribution in [0.3, 0.4) is 0 Å². The molecule has 1 aliphatic rings. The molecule has 0 spiro atoms. The molecular formula is C22H27ClN2O2. The van der Waals surface area contributed by atoms with Gasteiger partial charge in [0, 0.05) is 18.1 Å². The molecule has 3 rings (SSSR count). The number of likely N-dealkylation sites (tertiary alicyclic amines) is 1. The van der Waals surface area contributed by atoms with Gasteiger partial charge in [-0.2, -0.15) is 0 Å².